The number of carbonyl (C=O) groups excluding carboxylic acids is 1. The van der Waals surface area contributed by atoms with Crippen molar-refractivity contribution in [1.29, 1.82) is 0 Å². The third-order valence-corrected chi connectivity index (χ3v) is 4.81. The molecule has 0 unspecified atom stereocenters. The molecular formula is C18H15ClF3N3O4. The number of anilines is 1. The van der Waals surface area contributed by atoms with Crippen LogP contribution >= 0.6 is 11.6 Å². The minimum Gasteiger partial charge on any atom is -0.486 e. The number of halogens is 4. The Balaban J connectivity index is 1.59. The summed E-state index contributed by atoms with van der Waals surface area (Å²) in [4.78, 5) is 24.6. The van der Waals surface area contributed by atoms with E-state index in [9.17, 15) is 22.8 Å². The van der Waals surface area contributed by atoms with Crippen molar-refractivity contribution in [2.45, 2.75) is 31.5 Å². The monoisotopic (exact) mass is 429 g/mol. The van der Waals surface area contributed by atoms with Gasteiger partial charge in [-0.2, -0.15) is 18.3 Å². The highest BCUT2D eigenvalue weighted by Gasteiger charge is 2.37. The van der Waals surface area contributed by atoms with Gasteiger partial charge in [0.15, 0.2) is 11.5 Å². The molecular weight excluding hydrogens is 415 g/mol. The van der Waals surface area contributed by atoms with E-state index < -0.39 is 29.8 Å². The van der Waals surface area contributed by atoms with Crippen molar-refractivity contribution in [3.05, 3.63) is 44.8 Å². The third kappa shape index (κ3) is 4.16. The molecule has 0 saturated heterocycles. The number of carbonyl (C=O) groups is 1. The SMILES string of the molecule is O=C(Cn1nc(C2CC2)cc(C(F)(F)F)c1=O)Nc1cc2c(cc1Cl)OCCO2. The lowest BCUT2D eigenvalue weighted by molar-refractivity contribution is -0.139. The zero-order valence-corrected chi connectivity index (χ0v) is 15.6. The summed E-state index contributed by atoms with van der Waals surface area (Å²) in [7, 11) is 0. The largest absolute Gasteiger partial charge is 0.486 e. The molecule has 1 aliphatic heterocycles. The number of ether oxygens (including phenoxy) is 2. The van der Waals surface area contributed by atoms with Crippen LogP contribution in [0.15, 0.2) is 23.0 Å². The fourth-order valence-corrected chi connectivity index (χ4v) is 3.14. The van der Waals surface area contributed by atoms with Crippen LogP contribution in [0.4, 0.5) is 18.9 Å². The molecule has 0 radical (unpaired) electrons. The molecule has 1 N–H and O–H groups in total. The summed E-state index contributed by atoms with van der Waals surface area (Å²) in [5, 5.41) is 6.58. The van der Waals surface area contributed by atoms with Gasteiger partial charge in [0.25, 0.3) is 5.56 Å². The van der Waals surface area contributed by atoms with Crippen LogP contribution in [0.2, 0.25) is 5.02 Å². The first-order valence-corrected chi connectivity index (χ1v) is 9.18. The second-order valence-corrected chi connectivity index (χ2v) is 7.15. The van der Waals surface area contributed by atoms with Gasteiger partial charge in [-0.3, -0.25) is 9.59 Å². The van der Waals surface area contributed by atoms with Crippen LogP contribution in [0.25, 0.3) is 0 Å². The van der Waals surface area contributed by atoms with Gasteiger partial charge in [-0.05, 0) is 18.9 Å². The molecule has 0 atom stereocenters. The van der Waals surface area contributed by atoms with E-state index in [-0.39, 0.29) is 22.3 Å². The molecule has 1 fully saturated rings. The quantitative estimate of drug-likeness (QED) is 0.807. The standard InChI is InChI=1S/C18H15ClF3N3O4/c19-11-6-14-15(29-4-3-28-14)7-13(11)23-16(26)8-25-17(27)10(18(20,21)22)5-12(24-25)9-1-2-9/h5-7,9H,1-4,8H2,(H,23,26). The number of rotatable bonds is 4. The normalized spacial score (nSPS) is 15.9. The molecule has 1 aromatic carbocycles. The van der Waals surface area contributed by atoms with Gasteiger partial charge in [0, 0.05) is 18.1 Å². The summed E-state index contributed by atoms with van der Waals surface area (Å²) in [6.45, 7) is 0.00521. The molecule has 29 heavy (non-hydrogen) atoms. The predicted molar refractivity (Wildman–Crippen MR) is 96.5 cm³/mol. The van der Waals surface area contributed by atoms with E-state index in [0.717, 1.165) is 6.07 Å². The lowest BCUT2D eigenvalue weighted by atomic mass is 10.2. The molecule has 1 aliphatic carbocycles. The predicted octanol–water partition coefficient (Wildman–Crippen LogP) is 3.20. The van der Waals surface area contributed by atoms with Crippen LogP contribution in [0.5, 0.6) is 11.5 Å². The molecule has 1 amide bonds. The smallest absolute Gasteiger partial charge is 0.421 e. The van der Waals surface area contributed by atoms with Gasteiger partial charge in [-0.15, -0.1) is 0 Å². The Hall–Kier alpha value is -2.75. The summed E-state index contributed by atoms with van der Waals surface area (Å²) in [6.07, 6.45) is -3.44. The number of fused-ring (bicyclic) bond motifs is 1. The maximum Gasteiger partial charge on any atom is 0.421 e. The zero-order chi connectivity index (χ0) is 20.8. The van der Waals surface area contributed by atoms with Gasteiger partial charge >= 0.3 is 6.18 Å². The lowest BCUT2D eigenvalue weighted by Gasteiger charge is -2.20. The van der Waals surface area contributed by atoms with Crippen LogP contribution < -0.4 is 20.3 Å². The van der Waals surface area contributed by atoms with E-state index in [2.05, 4.69) is 10.4 Å². The van der Waals surface area contributed by atoms with Crippen LogP contribution in [0.1, 0.15) is 30.0 Å². The van der Waals surface area contributed by atoms with Gasteiger partial charge < -0.3 is 14.8 Å². The van der Waals surface area contributed by atoms with E-state index in [4.69, 9.17) is 21.1 Å². The summed E-state index contributed by atoms with van der Waals surface area (Å²) >= 11 is 6.12. The number of nitrogens with zero attached hydrogens (tertiary/aromatic N) is 2. The van der Waals surface area contributed by atoms with Gasteiger partial charge in [-0.25, -0.2) is 4.68 Å². The molecule has 11 heteroatoms. The highest BCUT2D eigenvalue weighted by Crippen LogP contribution is 2.40. The Bertz CT molecular complexity index is 1030. The Morgan fingerprint density at radius 1 is 1.21 bits per heavy atom. The maximum absolute atomic E-state index is 13.2. The van der Waals surface area contributed by atoms with Crippen molar-refractivity contribution in [2.75, 3.05) is 18.5 Å². The minimum absolute atomic E-state index is 0.127. The zero-order valence-electron chi connectivity index (χ0n) is 14.9. The first-order valence-electron chi connectivity index (χ1n) is 8.80. The highest BCUT2D eigenvalue weighted by atomic mass is 35.5. The number of benzene rings is 1. The van der Waals surface area contributed by atoms with E-state index in [0.29, 0.717) is 42.2 Å². The van der Waals surface area contributed by atoms with Crippen molar-refractivity contribution < 1.29 is 27.4 Å². The Labute approximate surface area is 167 Å². The summed E-state index contributed by atoms with van der Waals surface area (Å²) < 4.78 is 50.9. The average Bonchev–Trinajstić information content (AvgIpc) is 3.48. The number of amides is 1. The highest BCUT2D eigenvalue weighted by molar-refractivity contribution is 6.34. The average molecular weight is 430 g/mol. The van der Waals surface area contributed by atoms with Crippen molar-refractivity contribution in [2.24, 2.45) is 0 Å². The lowest BCUT2D eigenvalue weighted by Crippen LogP contribution is -2.35. The fourth-order valence-electron chi connectivity index (χ4n) is 2.94. The molecule has 1 saturated carbocycles. The molecule has 0 spiro atoms. The van der Waals surface area contributed by atoms with Crippen molar-refractivity contribution in [1.82, 2.24) is 9.78 Å². The van der Waals surface area contributed by atoms with Crippen LogP contribution in [0, 0.1) is 0 Å². The second-order valence-electron chi connectivity index (χ2n) is 6.74. The fraction of sp³-hybridized carbons (Fsp3) is 0.389. The summed E-state index contributed by atoms with van der Waals surface area (Å²) in [5.74, 6) is -0.0806. The first-order chi connectivity index (χ1) is 13.7. The van der Waals surface area contributed by atoms with Gasteiger partial charge in [-0.1, -0.05) is 11.6 Å². The number of nitrogens with one attached hydrogen (secondary N) is 1. The maximum atomic E-state index is 13.2. The van der Waals surface area contributed by atoms with E-state index >= 15 is 0 Å². The van der Waals surface area contributed by atoms with Crippen molar-refractivity contribution >= 4 is 23.2 Å². The number of hydrogen-bond acceptors (Lipinski definition) is 5. The van der Waals surface area contributed by atoms with Crippen molar-refractivity contribution in [3.63, 3.8) is 0 Å². The summed E-state index contributed by atoms with van der Waals surface area (Å²) in [6, 6.07) is 3.68. The van der Waals surface area contributed by atoms with Crippen molar-refractivity contribution in [3.8, 4) is 11.5 Å². The van der Waals surface area contributed by atoms with Crippen LogP contribution in [-0.2, 0) is 17.5 Å². The molecule has 154 valence electrons. The number of hydrogen-bond donors (Lipinski definition) is 1. The number of aromatic nitrogens is 2. The molecule has 2 heterocycles. The van der Waals surface area contributed by atoms with Crippen LogP contribution in [-0.4, -0.2) is 28.9 Å². The van der Waals surface area contributed by atoms with E-state index in [1.807, 2.05) is 0 Å². The molecule has 1 aromatic heterocycles. The van der Waals surface area contributed by atoms with Gasteiger partial charge in [0.2, 0.25) is 5.91 Å². The molecule has 0 bridgehead atoms. The molecule has 2 aromatic rings. The molecule has 2 aliphatic rings. The Kier molecular flexibility index (Phi) is 4.89. The second kappa shape index (κ2) is 7.25. The minimum atomic E-state index is -4.83. The topological polar surface area (TPSA) is 82.5 Å². The van der Waals surface area contributed by atoms with Crippen LogP contribution in [0.3, 0.4) is 0 Å². The van der Waals surface area contributed by atoms with E-state index in [1.165, 1.54) is 12.1 Å². The first kappa shape index (κ1) is 19.6. The molecule has 7 nitrogen and oxygen atoms in total. The number of alkyl halides is 3. The Morgan fingerprint density at radius 2 is 1.86 bits per heavy atom. The van der Waals surface area contributed by atoms with Gasteiger partial charge in [0.05, 0.1) is 16.4 Å². The third-order valence-electron chi connectivity index (χ3n) is 4.49. The van der Waals surface area contributed by atoms with E-state index in [1.54, 1.807) is 0 Å². The summed E-state index contributed by atoms with van der Waals surface area (Å²) in [5.41, 5.74) is -2.37. The molecule has 4 rings (SSSR count). The van der Waals surface area contributed by atoms with Gasteiger partial charge in [0.1, 0.15) is 25.3 Å². The Morgan fingerprint density at radius 3 is 2.48 bits per heavy atom.